The number of nitrogens with one attached hydrogen (secondary N) is 1. The predicted molar refractivity (Wildman–Crippen MR) is 116 cm³/mol. The highest BCUT2D eigenvalue weighted by Gasteiger charge is 2.27. The Morgan fingerprint density at radius 2 is 1.79 bits per heavy atom. The van der Waals surface area contributed by atoms with Gasteiger partial charge in [-0.05, 0) is 42.7 Å². The maximum absolute atomic E-state index is 12.9. The van der Waals surface area contributed by atoms with Gasteiger partial charge in [0.25, 0.3) is 5.91 Å². The summed E-state index contributed by atoms with van der Waals surface area (Å²) >= 11 is 12.2. The molecule has 0 fully saturated rings. The molecular formula is C22H26Cl2N2O3. The Labute approximate surface area is 181 Å². The SMILES string of the molecule is CC(C)CNC(=O)C(C)N(Cc1ccccc1Cl)C(=O)COc1cccc(Cl)c1. The van der Waals surface area contributed by atoms with E-state index >= 15 is 0 Å². The van der Waals surface area contributed by atoms with Crippen molar-refractivity contribution in [3.63, 3.8) is 0 Å². The molecule has 2 aromatic rings. The van der Waals surface area contributed by atoms with Gasteiger partial charge in [-0.3, -0.25) is 9.59 Å². The van der Waals surface area contributed by atoms with Gasteiger partial charge in [0.15, 0.2) is 6.61 Å². The van der Waals surface area contributed by atoms with Gasteiger partial charge in [0, 0.05) is 23.1 Å². The van der Waals surface area contributed by atoms with Gasteiger partial charge in [-0.2, -0.15) is 0 Å². The van der Waals surface area contributed by atoms with Crippen molar-refractivity contribution in [1.82, 2.24) is 10.2 Å². The molecule has 2 rings (SSSR count). The molecule has 2 aromatic carbocycles. The van der Waals surface area contributed by atoms with Crippen LogP contribution in [0.4, 0.5) is 0 Å². The van der Waals surface area contributed by atoms with E-state index in [2.05, 4.69) is 5.32 Å². The third-order valence-corrected chi connectivity index (χ3v) is 4.91. The van der Waals surface area contributed by atoms with Crippen LogP contribution in [0.1, 0.15) is 26.3 Å². The molecule has 5 nitrogen and oxygen atoms in total. The van der Waals surface area contributed by atoms with E-state index in [0.717, 1.165) is 5.56 Å². The second kappa shape index (κ2) is 11.1. The smallest absolute Gasteiger partial charge is 0.261 e. The molecule has 2 amide bonds. The van der Waals surface area contributed by atoms with Crippen LogP contribution in [-0.4, -0.2) is 35.9 Å². The van der Waals surface area contributed by atoms with Gasteiger partial charge >= 0.3 is 0 Å². The first-order chi connectivity index (χ1) is 13.8. The van der Waals surface area contributed by atoms with Crippen molar-refractivity contribution in [1.29, 1.82) is 0 Å². The molecule has 0 heterocycles. The molecule has 0 saturated carbocycles. The number of benzene rings is 2. The van der Waals surface area contributed by atoms with Crippen LogP contribution < -0.4 is 10.1 Å². The lowest BCUT2D eigenvalue weighted by Gasteiger charge is -2.29. The van der Waals surface area contributed by atoms with Gasteiger partial charge in [0.2, 0.25) is 5.91 Å². The van der Waals surface area contributed by atoms with Crippen LogP contribution in [0, 0.1) is 5.92 Å². The van der Waals surface area contributed by atoms with Gasteiger partial charge in [0.1, 0.15) is 11.8 Å². The highest BCUT2D eigenvalue weighted by molar-refractivity contribution is 6.31. The Kier molecular flexibility index (Phi) is 8.80. The van der Waals surface area contributed by atoms with Crippen LogP contribution in [0.2, 0.25) is 10.0 Å². The highest BCUT2D eigenvalue weighted by Crippen LogP contribution is 2.20. The number of carbonyl (C=O) groups is 2. The molecule has 156 valence electrons. The fourth-order valence-electron chi connectivity index (χ4n) is 2.63. The van der Waals surface area contributed by atoms with Crippen LogP contribution in [-0.2, 0) is 16.1 Å². The summed E-state index contributed by atoms with van der Waals surface area (Å²) in [5.74, 6) is 0.254. The Morgan fingerprint density at radius 3 is 2.45 bits per heavy atom. The van der Waals surface area contributed by atoms with Crippen molar-refractivity contribution in [3.8, 4) is 5.75 Å². The molecule has 1 unspecified atom stereocenters. The molecular weight excluding hydrogens is 411 g/mol. The van der Waals surface area contributed by atoms with Crippen molar-refractivity contribution in [2.75, 3.05) is 13.2 Å². The lowest BCUT2D eigenvalue weighted by molar-refractivity contribution is -0.142. The van der Waals surface area contributed by atoms with E-state index in [1.165, 1.54) is 4.90 Å². The normalized spacial score (nSPS) is 11.8. The predicted octanol–water partition coefficient (Wildman–Crippen LogP) is 4.56. The first-order valence-electron chi connectivity index (χ1n) is 9.47. The molecule has 0 aliphatic rings. The number of carbonyl (C=O) groups excluding carboxylic acids is 2. The zero-order valence-corrected chi connectivity index (χ0v) is 18.3. The second-order valence-corrected chi connectivity index (χ2v) is 8.02. The molecule has 0 aromatic heterocycles. The van der Waals surface area contributed by atoms with Crippen LogP contribution in [0.5, 0.6) is 5.75 Å². The van der Waals surface area contributed by atoms with E-state index in [1.54, 1.807) is 37.3 Å². The minimum atomic E-state index is -0.680. The van der Waals surface area contributed by atoms with Crippen LogP contribution in [0.25, 0.3) is 0 Å². The van der Waals surface area contributed by atoms with E-state index in [9.17, 15) is 9.59 Å². The molecule has 0 aliphatic heterocycles. The van der Waals surface area contributed by atoms with E-state index in [-0.39, 0.29) is 25.0 Å². The molecule has 0 spiro atoms. The summed E-state index contributed by atoms with van der Waals surface area (Å²) in [4.78, 5) is 27.0. The third-order valence-electron chi connectivity index (χ3n) is 4.31. The largest absolute Gasteiger partial charge is 0.484 e. The Morgan fingerprint density at radius 1 is 1.07 bits per heavy atom. The van der Waals surface area contributed by atoms with Gasteiger partial charge in [-0.15, -0.1) is 0 Å². The summed E-state index contributed by atoms with van der Waals surface area (Å²) in [6.07, 6.45) is 0. The van der Waals surface area contributed by atoms with Crippen molar-refractivity contribution < 1.29 is 14.3 Å². The van der Waals surface area contributed by atoms with E-state index in [4.69, 9.17) is 27.9 Å². The van der Waals surface area contributed by atoms with Gasteiger partial charge in [-0.1, -0.05) is 61.3 Å². The van der Waals surface area contributed by atoms with Crippen molar-refractivity contribution >= 4 is 35.0 Å². The summed E-state index contributed by atoms with van der Waals surface area (Å²) in [5, 5.41) is 3.93. The van der Waals surface area contributed by atoms with Crippen molar-refractivity contribution in [3.05, 3.63) is 64.1 Å². The molecule has 0 aliphatic carbocycles. The van der Waals surface area contributed by atoms with Crippen molar-refractivity contribution in [2.45, 2.75) is 33.4 Å². The minimum absolute atomic E-state index is 0.202. The average Bonchev–Trinajstić information content (AvgIpc) is 2.69. The van der Waals surface area contributed by atoms with E-state index < -0.39 is 6.04 Å². The lowest BCUT2D eigenvalue weighted by atomic mass is 10.1. The summed E-state index contributed by atoms with van der Waals surface area (Å²) < 4.78 is 5.59. The van der Waals surface area contributed by atoms with E-state index in [1.807, 2.05) is 32.0 Å². The molecule has 1 atom stereocenters. The summed E-state index contributed by atoms with van der Waals surface area (Å²) in [6.45, 7) is 6.24. The Balaban J connectivity index is 2.14. The Bertz CT molecular complexity index is 842. The van der Waals surface area contributed by atoms with Crippen LogP contribution >= 0.6 is 23.2 Å². The molecule has 7 heteroatoms. The minimum Gasteiger partial charge on any atom is -0.484 e. The maximum atomic E-state index is 12.9. The summed E-state index contributed by atoms with van der Waals surface area (Å²) in [6, 6.07) is 13.4. The fraction of sp³-hybridized carbons (Fsp3) is 0.364. The molecule has 29 heavy (non-hydrogen) atoms. The number of nitrogens with zero attached hydrogens (tertiary/aromatic N) is 1. The monoisotopic (exact) mass is 436 g/mol. The van der Waals surface area contributed by atoms with Gasteiger partial charge in [0.05, 0.1) is 0 Å². The first kappa shape index (κ1) is 23.0. The summed E-state index contributed by atoms with van der Waals surface area (Å²) in [5.41, 5.74) is 0.758. The van der Waals surface area contributed by atoms with Crippen LogP contribution in [0.3, 0.4) is 0 Å². The fourth-order valence-corrected chi connectivity index (χ4v) is 3.01. The topological polar surface area (TPSA) is 58.6 Å². The van der Waals surface area contributed by atoms with Crippen molar-refractivity contribution in [2.24, 2.45) is 5.92 Å². The Hall–Kier alpha value is -2.24. The summed E-state index contributed by atoms with van der Waals surface area (Å²) in [7, 11) is 0. The molecule has 0 radical (unpaired) electrons. The number of ether oxygens (including phenoxy) is 1. The quantitative estimate of drug-likeness (QED) is 0.626. The highest BCUT2D eigenvalue weighted by atomic mass is 35.5. The maximum Gasteiger partial charge on any atom is 0.261 e. The number of amides is 2. The number of hydrogen-bond donors (Lipinski definition) is 1. The number of halogens is 2. The molecule has 1 N–H and O–H groups in total. The zero-order chi connectivity index (χ0) is 21.4. The number of rotatable bonds is 9. The number of hydrogen-bond acceptors (Lipinski definition) is 3. The third kappa shape index (κ3) is 7.26. The molecule has 0 saturated heterocycles. The molecule has 0 bridgehead atoms. The van der Waals surface area contributed by atoms with Gasteiger partial charge < -0.3 is 15.0 Å². The second-order valence-electron chi connectivity index (χ2n) is 7.17. The van der Waals surface area contributed by atoms with E-state index in [0.29, 0.717) is 28.3 Å². The standard InChI is InChI=1S/C22H26Cl2N2O3/c1-15(2)12-25-22(28)16(3)26(13-17-7-4-5-10-20(17)24)21(27)14-29-19-9-6-8-18(23)11-19/h4-11,15-16H,12-14H2,1-3H3,(H,25,28). The van der Waals surface area contributed by atoms with Gasteiger partial charge in [-0.25, -0.2) is 0 Å². The lowest BCUT2D eigenvalue weighted by Crippen LogP contribution is -2.49. The van der Waals surface area contributed by atoms with Crippen LogP contribution in [0.15, 0.2) is 48.5 Å². The first-order valence-corrected chi connectivity index (χ1v) is 10.2. The zero-order valence-electron chi connectivity index (χ0n) is 16.8. The average molecular weight is 437 g/mol.